The molecule has 0 aromatic carbocycles. The maximum absolute atomic E-state index is 12.3. The van der Waals surface area contributed by atoms with E-state index in [1.165, 1.54) is 0 Å². The van der Waals surface area contributed by atoms with Gasteiger partial charge in [-0.25, -0.2) is 0 Å². The van der Waals surface area contributed by atoms with Crippen LogP contribution in [0.5, 0.6) is 0 Å². The lowest BCUT2D eigenvalue weighted by molar-refractivity contribution is -0.123. The smallest absolute Gasteiger partial charge is 0.226 e. The van der Waals surface area contributed by atoms with Crippen LogP contribution in [-0.4, -0.2) is 37.1 Å². The minimum Gasteiger partial charge on any atom is -0.410 e. The van der Waals surface area contributed by atoms with Crippen molar-refractivity contribution in [3.8, 4) is 0 Å². The molecule has 1 saturated heterocycles. The van der Waals surface area contributed by atoms with Gasteiger partial charge in [0, 0.05) is 0 Å². The van der Waals surface area contributed by atoms with E-state index < -0.39 is 26.1 Å². The highest BCUT2D eigenvalue weighted by Gasteiger charge is 2.57. The summed E-state index contributed by atoms with van der Waals surface area (Å²) in [4.78, 5) is 12.3. The normalized spacial score (nSPS) is 31.3. The molecule has 0 saturated carbocycles. The number of carbonyl (C=O) groups is 1. The highest BCUT2D eigenvalue weighted by molar-refractivity contribution is 6.74. The van der Waals surface area contributed by atoms with Gasteiger partial charge in [-0.2, -0.15) is 0 Å². The first-order valence-electron chi connectivity index (χ1n) is 8.11. The zero-order valence-electron chi connectivity index (χ0n) is 15.4. The number of hydrogen-bond donors (Lipinski definition) is 2. The van der Waals surface area contributed by atoms with Crippen LogP contribution in [0, 0.1) is 11.8 Å². The van der Waals surface area contributed by atoms with Crippen LogP contribution in [0.25, 0.3) is 0 Å². The second-order valence-corrected chi connectivity index (χ2v) is 13.2. The predicted molar refractivity (Wildman–Crippen MR) is 93.1 cm³/mol. The molecule has 5 heteroatoms. The zero-order chi connectivity index (χ0) is 17.5. The summed E-state index contributed by atoms with van der Waals surface area (Å²) < 4.78 is 6.55. The van der Waals surface area contributed by atoms with E-state index in [1.54, 1.807) is 6.08 Å². The third kappa shape index (κ3) is 3.17. The molecule has 0 bridgehead atoms. The Morgan fingerprint density at radius 1 is 1.41 bits per heavy atom. The Hall–Kier alpha value is -0.653. The van der Waals surface area contributed by atoms with E-state index in [0.717, 1.165) is 0 Å². The third-order valence-corrected chi connectivity index (χ3v) is 9.82. The quantitative estimate of drug-likeness (QED) is 0.602. The molecule has 1 heterocycles. The second kappa shape index (κ2) is 6.10. The van der Waals surface area contributed by atoms with Crippen LogP contribution in [-0.2, 0) is 9.22 Å². The first-order valence-corrected chi connectivity index (χ1v) is 11.0. The molecule has 0 unspecified atom stereocenters. The molecule has 4 nitrogen and oxygen atoms in total. The lowest BCUT2D eigenvalue weighted by Crippen LogP contribution is -2.61. The molecule has 0 aliphatic carbocycles. The first-order chi connectivity index (χ1) is 9.80. The molecule has 0 spiro atoms. The summed E-state index contributed by atoms with van der Waals surface area (Å²) in [6.07, 6.45) is 0.543. The maximum atomic E-state index is 12.3. The van der Waals surface area contributed by atoms with Crippen LogP contribution in [0.15, 0.2) is 12.7 Å². The fourth-order valence-corrected chi connectivity index (χ4v) is 4.11. The van der Waals surface area contributed by atoms with Crippen molar-refractivity contribution in [1.29, 1.82) is 0 Å². The number of amides is 1. The lowest BCUT2D eigenvalue weighted by atomic mass is 9.80. The Kier molecular flexibility index (Phi) is 5.37. The van der Waals surface area contributed by atoms with E-state index in [0.29, 0.717) is 0 Å². The minimum absolute atomic E-state index is 0.00545. The summed E-state index contributed by atoms with van der Waals surface area (Å²) >= 11 is 0. The van der Waals surface area contributed by atoms with Gasteiger partial charge in [0.05, 0.1) is 18.1 Å². The third-order valence-electron chi connectivity index (χ3n) is 5.36. The zero-order valence-corrected chi connectivity index (χ0v) is 16.4. The molecule has 1 amide bonds. The largest absolute Gasteiger partial charge is 0.410 e. The number of hydrogen-bond acceptors (Lipinski definition) is 3. The molecule has 4 atom stereocenters. The molecule has 0 radical (unpaired) electrons. The summed E-state index contributed by atoms with van der Waals surface area (Å²) in [7, 11) is -2.08. The highest BCUT2D eigenvalue weighted by Crippen LogP contribution is 2.43. The van der Waals surface area contributed by atoms with Crippen LogP contribution in [0.1, 0.15) is 41.5 Å². The Morgan fingerprint density at radius 2 is 1.91 bits per heavy atom. The number of carbonyl (C=O) groups excluding carboxylic acids is 1. The van der Waals surface area contributed by atoms with Gasteiger partial charge in [0.1, 0.15) is 5.54 Å². The van der Waals surface area contributed by atoms with Gasteiger partial charge in [0.25, 0.3) is 0 Å². The van der Waals surface area contributed by atoms with Crippen molar-refractivity contribution in [2.24, 2.45) is 11.8 Å². The molecule has 22 heavy (non-hydrogen) atoms. The van der Waals surface area contributed by atoms with Crippen LogP contribution in [0.3, 0.4) is 0 Å². The maximum Gasteiger partial charge on any atom is 0.226 e. The van der Waals surface area contributed by atoms with Crippen LogP contribution >= 0.6 is 0 Å². The van der Waals surface area contributed by atoms with Crippen LogP contribution in [0.4, 0.5) is 0 Å². The molecule has 0 aromatic rings. The lowest BCUT2D eigenvalue weighted by Gasteiger charge is -2.45. The molecular weight excluding hydrogens is 294 g/mol. The summed E-state index contributed by atoms with van der Waals surface area (Å²) in [5.41, 5.74) is -0.916. The van der Waals surface area contributed by atoms with Gasteiger partial charge in [0.2, 0.25) is 5.91 Å². The fraction of sp³-hybridized carbons (Fsp3) is 0.824. The van der Waals surface area contributed by atoms with Crippen molar-refractivity contribution < 1.29 is 14.3 Å². The summed E-state index contributed by atoms with van der Waals surface area (Å²) in [6.45, 7) is 20.5. The average molecular weight is 328 g/mol. The summed E-state index contributed by atoms with van der Waals surface area (Å²) in [6, 6.07) is 0. The number of rotatable bonds is 5. The molecule has 1 aliphatic heterocycles. The molecule has 1 aliphatic rings. The van der Waals surface area contributed by atoms with Crippen molar-refractivity contribution in [3.05, 3.63) is 12.7 Å². The van der Waals surface area contributed by atoms with Crippen molar-refractivity contribution >= 4 is 14.2 Å². The molecule has 1 fully saturated rings. The standard InChI is InChI=1S/C17H33NO3Si/c1-10-17(13(19)11(2)3)14(12(4)15(20)18-17)21-22(8,9)16(5,6)7/h10-14,19H,1H2,2-9H3,(H,18,20)/t12-,13+,14+,17-/m1/s1. The van der Waals surface area contributed by atoms with Crippen molar-refractivity contribution in [2.45, 2.75) is 77.4 Å². The van der Waals surface area contributed by atoms with Gasteiger partial charge in [-0.15, -0.1) is 6.58 Å². The van der Waals surface area contributed by atoms with Gasteiger partial charge in [-0.1, -0.05) is 47.6 Å². The molecule has 1 rings (SSSR count). The number of nitrogens with one attached hydrogen (secondary N) is 1. The molecule has 2 N–H and O–H groups in total. The van der Waals surface area contributed by atoms with Gasteiger partial charge in [-0.05, 0) is 24.1 Å². The molecule has 0 aromatic heterocycles. The van der Waals surface area contributed by atoms with E-state index in [9.17, 15) is 9.90 Å². The highest BCUT2D eigenvalue weighted by atomic mass is 28.4. The van der Waals surface area contributed by atoms with E-state index in [1.807, 2.05) is 20.8 Å². The summed E-state index contributed by atoms with van der Waals surface area (Å²) in [5, 5.41) is 13.7. The Labute approximate surface area is 136 Å². The van der Waals surface area contributed by atoms with Gasteiger partial charge < -0.3 is 14.8 Å². The first kappa shape index (κ1) is 19.4. The Bertz CT molecular complexity index is 442. The Morgan fingerprint density at radius 3 is 2.27 bits per heavy atom. The topological polar surface area (TPSA) is 58.6 Å². The van der Waals surface area contributed by atoms with E-state index in [-0.39, 0.29) is 22.8 Å². The van der Waals surface area contributed by atoms with Crippen molar-refractivity contribution in [3.63, 3.8) is 0 Å². The number of aliphatic hydroxyl groups is 1. The van der Waals surface area contributed by atoms with Crippen LogP contribution in [0.2, 0.25) is 18.1 Å². The predicted octanol–water partition coefficient (Wildman–Crippen LogP) is 3.08. The SMILES string of the molecule is C=C[C@]1([C@@H](O)C(C)C)NC(=O)[C@H](C)[C@@H]1O[Si](C)(C)C(C)(C)C. The fourth-order valence-electron chi connectivity index (χ4n) is 2.73. The monoisotopic (exact) mass is 327 g/mol. The van der Waals surface area contributed by atoms with Gasteiger partial charge in [-0.3, -0.25) is 4.79 Å². The van der Waals surface area contributed by atoms with E-state index >= 15 is 0 Å². The summed E-state index contributed by atoms with van der Waals surface area (Å²) in [5.74, 6) is -0.391. The van der Waals surface area contributed by atoms with Crippen molar-refractivity contribution in [1.82, 2.24) is 5.32 Å². The minimum atomic E-state index is -2.08. The van der Waals surface area contributed by atoms with Crippen molar-refractivity contribution in [2.75, 3.05) is 0 Å². The number of aliphatic hydroxyl groups excluding tert-OH is 1. The Balaban J connectivity index is 3.27. The molecule has 128 valence electrons. The average Bonchev–Trinajstić information content (AvgIpc) is 2.61. The van der Waals surface area contributed by atoms with Gasteiger partial charge in [0.15, 0.2) is 8.32 Å². The van der Waals surface area contributed by atoms with Gasteiger partial charge >= 0.3 is 0 Å². The second-order valence-electron chi connectivity index (χ2n) is 8.40. The van der Waals surface area contributed by atoms with E-state index in [4.69, 9.17) is 4.43 Å². The van der Waals surface area contributed by atoms with Crippen LogP contribution < -0.4 is 5.32 Å². The molecular formula is C17H33NO3Si. The van der Waals surface area contributed by atoms with E-state index in [2.05, 4.69) is 45.8 Å².